The van der Waals surface area contributed by atoms with Crippen LogP contribution in [-0.4, -0.2) is 40.9 Å². The smallest absolute Gasteiger partial charge is 0.258 e. The average molecular weight is 338 g/mol. The maximum Gasteiger partial charge on any atom is 0.258 e. The molecule has 0 atom stereocenters. The number of benzene rings is 1. The van der Waals surface area contributed by atoms with Gasteiger partial charge in [0.15, 0.2) is 0 Å². The number of carbonyl (C=O) groups excluding carboxylic acids is 1. The number of nitrogens with zero attached hydrogens (tertiary/aromatic N) is 2. The average Bonchev–Trinajstić information content (AvgIpc) is 3.14. The minimum absolute atomic E-state index is 0.182. The number of rotatable bonds is 4. The van der Waals surface area contributed by atoms with Crippen LogP contribution in [0, 0.1) is 0 Å². The van der Waals surface area contributed by atoms with Crippen molar-refractivity contribution in [1.29, 1.82) is 0 Å². The lowest BCUT2D eigenvalue weighted by Gasteiger charge is -2.40. The minimum Gasteiger partial charge on any atom is -0.312 e. The van der Waals surface area contributed by atoms with Gasteiger partial charge < -0.3 is 4.90 Å². The van der Waals surface area contributed by atoms with E-state index < -0.39 is 0 Å². The number of piperidine rings is 1. The van der Waals surface area contributed by atoms with E-state index in [0.29, 0.717) is 6.04 Å². The maximum absolute atomic E-state index is 13.1. The summed E-state index contributed by atoms with van der Waals surface area (Å²) in [5.74, 6) is 0.182. The second-order valence-electron chi connectivity index (χ2n) is 7.92. The van der Waals surface area contributed by atoms with Crippen molar-refractivity contribution in [3.63, 3.8) is 0 Å². The second-order valence-corrected chi connectivity index (χ2v) is 7.92. The van der Waals surface area contributed by atoms with Crippen molar-refractivity contribution in [1.82, 2.24) is 9.80 Å². The quantitative estimate of drug-likeness (QED) is 0.801. The van der Waals surface area contributed by atoms with Gasteiger partial charge in [0.1, 0.15) is 0 Å². The molecule has 25 heavy (non-hydrogen) atoms. The Morgan fingerprint density at radius 1 is 0.960 bits per heavy atom. The summed E-state index contributed by atoms with van der Waals surface area (Å²) in [4.78, 5) is 17.9. The summed E-state index contributed by atoms with van der Waals surface area (Å²) in [6.45, 7) is 2.35. The lowest BCUT2D eigenvalue weighted by atomic mass is 9.89. The molecule has 0 bridgehead atoms. The van der Waals surface area contributed by atoms with Gasteiger partial charge in [-0.25, -0.2) is 0 Å². The van der Waals surface area contributed by atoms with Gasteiger partial charge in [0.2, 0.25) is 0 Å². The Labute approximate surface area is 151 Å². The van der Waals surface area contributed by atoms with Crippen molar-refractivity contribution in [2.45, 2.75) is 69.9 Å². The van der Waals surface area contributed by atoms with Crippen LogP contribution in [0.1, 0.15) is 68.1 Å². The second kappa shape index (κ2) is 7.74. The van der Waals surface area contributed by atoms with Crippen LogP contribution in [0.2, 0.25) is 0 Å². The Kier molecular flexibility index (Phi) is 5.21. The topological polar surface area (TPSA) is 23.6 Å². The molecule has 1 aromatic carbocycles. The van der Waals surface area contributed by atoms with Crippen LogP contribution in [0.5, 0.6) is 0 Å². The van der Waals surface area contributed by atoms with E-state index in [1.807, 2.05) is 30.3 Å². The van der Waals surface area contributed by atoms with Crippen LogP contribution in [-0.2, 0) is 0 Å². The van der Waals surface area contributed by atoms with Crippen LogP contribution in [0.3, 0.4) is 0 Å². The first-order valence-corrected chi connectivity index (χ1v) is 10.1. The fraction of sp³-hybridized carbons (Fsp3) is 0.591. The summed E-state index contributed by atoms with van der Waals surface area (Å²) in [5.41, 5.74) is 2.28. The van der Waals surface area contributed by atoms with E-state index in [0.717, 1.165) is 37.3 Å². The summed E-state index contributed by atoms with van der Waals surface area (Å²) >= 11 is 0. The molecule has 1 aromatic rings. The number of carbonyl (C=O) groups is 1. The number of hydrogen-bond acceptors (Lipinski definition) is 2. The van der Waals surface area contributed by atoms with Gasteiger partial charge in [0.05, 0.1) is 0 Å². The van der Waals surface area contributed by atoms with Crippen molar-refractivity contribution >= 4 is 5.91 Å². The van der Waals surface area contributed by atoms with Crippen LogP contribution in [0.4, 0.5) is 0 Å². The Bertz CT molecular complexity index is 604. The molecule has 2 saturated carbocycles. The molecule has 0 aromatic heterocycles. The van der Waals surface area contributed by atoms with Crippen molar-refractivity contribution in [2.75, 3.05) is 13.1 Å². The molecule has 4 rings (SSSR count). The molecule has 0 unspecified atom stereocenters. The first kappa shape index (κ1) is 16.8. The summed E-state index contributed by atoms with van der Waals surface area (Å²) in [7, 11) is 0. The first-order chi connectivity index (χ1) is 12.3. The zero-order chi connectivity index (χ0) is 17.1. The Balaban J connectivity index is 1.47. The SMILES string of the molecule is O=C(c1ccccc1)N(C=C1CCN(C2CCC2)CC1)C1CCCC1. The minimum atomic E-state index is 0.182. The number of amides is 1. The molecule has 0 N–H and O–H groups in total. The molecule has 1 saturated heterocycles. The van der Waals surface area contributed by atoms with Crippen molar-refractivity contribution in [3.05, 3.63) is 47.7 Å². The number of hydrogen-bond donors (Lipinski definition) is 0. The van der Waals surface area contributed by atoms with Gasteiger partial charge in [-0.15, -0.1) is 0 Å². The molecule has 1 heterocycles. The molecular weight excluding hydrogens is 308 g/mol. The lowest BCUT2D eigenvalue weighted by Crippen LogP contribution is -2.44. The Morgan fingerprint density at radius 2 is 1.64 bits per heavy atom. The van der Waals surface area contributed by atoms with Crippen LogP contribution in [0.15, 0.2) is 42.1 Å². The van der Waals surface area contributed by atoms with Gasteiger partial charge in [-0.3, -0.25) is 9.69 Å². The summed E-state index contributed by atoms with van der Waals surface area (Å²) in [6.07, 6.45) is 13.5. The van der Waals surface area contributed by atoms with Gasteiger partial charge in [0.25, 0.3) is 5.91 Å². The zero-order valence-corrected chi connectivity index (χ0v) is 15.2. The largest absolute Gasteiger partial charge is 0.312 e. The standard InChI is InChI=1S/C22H30N2O/c25-22(19-7-2-1-3-8-19)24(21-9-4-5-10-21)17-18-13-15-23(16-14-18)20-11-6-12-20/h1-3,7-8,17,20-21H,4-6,9-16H2. The van der Waals surface area contributed by atoms with E-state index >= 15 is 0 Å². The molecule has 3 heteroatoms. The van der Waals surface area contributed by atoms with Crippen LogP contribution in [0.25, 0.3) is 0 Å². The van der Waals surface area contributed by atoms with E-state index in [4.69, 9.17) is 0 Å². The summed E-state index contributed by atoms with van der Waals surface area (Å²) < 4.78 is 0. The summed E-state index contributed by atoms with van der Waals surface area (Å²) in [6, 6.07) is 11.0. The normalized spacial score (nSPS) is 22.6. The Hall–Kier alpha value is -1.61. The molecule has 0 spiro atoms. The van der Waals surface area contributed by atoms with E-state index in [1.54, 1.807) is 0 Å². The predicted octanol–water partition coefficient (Wildman–Crippen LogP) is 4.60. The van der Waals surface area contributed by atoms with E-state index in [-0.39, 0.29) is 5.91 Å². The fourth-order valence-electron chi connectivity index (χ4n) is 4.50. The lowest BCUT2D eigenvalue weighted by molar-refractivity contribution is 0.0764. The molecule has 0 radical (unpaired) electrons. The van der Waals surface area contributed by atoms with Gasteiger partial charge in [-0.1, -0.05) is 43.0 Å². The molecule has 1 aliphatic heterocycles. The van der Waals surface area contributed by atoms with Gasteiger partial charge in [-0.05, 0) is 50.7 Å². The zero-order valence-electron chi connectivity index (χ0n) is 15.2. The van der Waals surface area contributed by atoms with Crippen molar-refractivity contribution in [3.8, 4) is 0 Å². The molecule has 134 valence electrons. The molecule has 3 nitrogen and oxygen atoms in total. The van der Waals surface area contributed by atoms with Gasteiger partial charge in [0, 0.05) is 36.9 Å². The van der Waals surface area contributed by atoms with E-state index in [9.17, 15) is 4.79 Å². The monoisotopic (exact) mass is 338 g/mol. The highest BCUT2D eigenvalue weighted by Crippen LogP contribution is 2.30. The van der Waals surface area contributed by atoms with Gasteiger partial charge in [-0.2, -0.15) is 0 Å². The third-order valence-corrected chi connectivity index (χ3v) is 6.33. The Morgan fingerprint density at radius 3 is 2.24 bits per heavy atom. The maximum atomic E-state index is 13.1. The molecule has 3 fully saturated rings. The molecule has 1 amide bonds. The fourth-order valence-corrected chi connectivity index (χ4v) is 4.50. The molecular formula is C22H30N2O. The highest BCUT2D eigenvalue weighted by Gasteiger charge is 2.29. The summed E-state index contributed by atoms with van der Waals surface area (Å²) in [5, 5.41) is 0. The van der Waals surface area contributed by atoms with Gasteiger partial charge >= 0.3 is 0 Å². The van der Waals surface area contributed by atoms with Crippen molar-refractivity contribution < 1.29 is 4.79 Å². The highest BCUT2D eigenvalue weighted by molar-refractivity contribution is 5.95. The van der Waals surface area contributed by atoms with Crippen LogP contribution < -0.4 is 0 Å². The number of likely N-dealkylation sites (tertiary alicyclic amines) is 1. The van der Waals surface area contributed by atoms with Crippen molar-refractivity contribution in [2.24, 2.45) is 0 Å². The highest BCUT2D eigenvalue weighted by atomic mass is 16.2. The van der Waals surface area contributed by atoms with E-state index in [2.05, 4.69) is 16.0 Å². The third kappa shape index (κ3) is 3.82. The molecule has 3 aliphatic rings. The van der Waals surface area contributed by atoms with Crippen LogP contribution >= 0.6 is 0 Å². The molecule has 2 aliphatic carbocycles. The van der Waals surface area contributed by atoms with E-state index in [1.165, 1.54) is 50.8 Å². The predicted molar refractivity (Wildman–Crippen MR) is 101 cm³/mol. The first-order valence-electron chi connectivity index (χ1n) is 10.1. The third-order valence-electron chi connectivity index (χ3n) is 6.33.